The van der Waals surface area contributed by atoms with Gasteiger partial charge in [0.25, 0.3) is 0 Å². The Morgan fingerprint density at radius 2 is 0.714 bits per heavy atom. The Balaban J connectivity index is -0.00000000333. The molecule has 0 saturated heterocycles. The third-order valence-corrected chi connectivity index (χ3v) is 0. The van der Waals surface area contributed by atoms with Crippen LogP contribution in [0.5, 0.6) is 0 Å². The standard InChI is InChI=1S/2BrH.Mg.4H2O/h2*1H;;4*1H2/q;;+2;;;;/p-2. The molecule has 0 amide bonds. The zero-order chi connectivity index (χ0) is 2.71. The second kappa shape index (κ2) is 49.5. The molecular weight excluding hydrogens is 248 g/mol. The van der Waals surface area contributed by atoms with Gasteiger partial charge in [-0.05, 0) is 0 Å². The zero-order valence-corrected chi connectivity index (χ0v) is 8.05. The van der Waals surface area contributed by atoms with Crippen LogP contribution in [0.25, 0.3) is 0 Å². The van der Waals surface area contributed by atoms with E-state index in [0.29, 0.717) is 0 Å². The molecule has 4 nitrogen and oxygen atoms in total. The van der Waals surface area contributed by atoms with Crippen molar-refractivity contribution in [2.24, 2.45) is 0 Å². The number of hydrogen-bond acceptors (Lipinski definition) is 0. The Bertz CT molecular complexity index is 9.65. The minimum absolute atomic E-state index is 0. The van der Waals surface area contributed by atoms with Crippen LogP contribution in [0.2, 0.25) is 0 Å². The Morgan fingerprint density at radius 1 is 0.714 bits per heavy atom. The van der Waals surface area contributed by atoms with Gasteiger partial charge in [-0.3, -0.25) is 25.8 Å². The monoisotopic (exact) mass is 254 g/mol. The molecule has 0 aliphatic carbocycles. The first-order valence-corrected chi connectivity index (χ1v) is 8.33. The van der Waals surface area contributed by atoms with Gasteiger partial charge in [-0.2, -0.15) is 0 Å². The van der Waals surface area contributed by atoms with Gasteiger partial charge in [0.2, 0.25) is 0 Å². The van der Waals surface area contributed by atoms with E-state index >= 15 is 0 Å². The topological polar surface area (TPSA) is 126 Å². The number of halogens is 2. The highest BCUT2D eigenvalue weighted by atomic mass is 79.9. The fourth-order valence-corrected chi connectivity index (χ4v) is 0. The van der Waals surface area contributed by atoms with E-state index in [4.69, 9.17) is 0 Å². The molecule has 48 valence electrons. The normalized spacial score (nSPS) is 1.43. The van der Waals surface area contributed by atoms with E-state index in [-0.39, 0.29) is 37.9 Å². The van der Waals surface area contributed by atoms with Crippen molar-refractivity contribution in [3.05, 3.63) is 0 Å². The molecule has 0 saturated carbocycles. The Kier molecular flexibility index (Phi) is 273. The molecule has 8 N–H and O–H groups in total. The Morgan fingerprint density at radius 3 is 0.714 bits per heavy atom. The average molecular weight is 256 g/mol. The molecule has 0 rings (SSSR count). The summed E-state index contributed by atoms with van der Waals surface area (Å²) in [6.45, 7) is 0. The van der Waals surface area contributed by atoms with E-state index in [1.54, 1.807) is 0 Å². The molecule has 0 aromatic heterocycles. The fourth-order valence-electron chi connectivity index (χ4n) is 0. The lowest BCUT2D eigenvalue weighted by Gasteiger charge is -1.33. The van der Waals surface area contributed by atoms with E-state index in [2.05, 4.69) is 25.8 Å². The first kappa shape index (κ1) is 38.6. The summed E-state index contributed by atoms with van der Waals surface area (Å²) in [5, 5.41) is 0. The van der Waals surface area contributed by atoms with Crippen LogP contribution in [-0.2, 0) is 0 Å². The van der Waals surface area contributed by atoms with Crippen molar-refractivity contribution in [2.45, 2.75) is 0 Å². The smallest absolute Gasteiger partial charge is 0.412 e. The van der Waals surface area contributed by atoms with E-state index in [1.807, 2.05) is 0 Å². The van der Waals surface area contributed by atoms with E-state index < -0.39 is 0 Å². The highest BCUT2D eigenvalue weighted by molar-refractivity contribution is 9.47. The highest BCUT2D eigenvalue weighted by Gasteiger charge is 1.62. The molecule has 0 spiro atoms. The van der Waals surface area contributed by atoms with Crippen LogP contribution in [0.3, 0.4) is 0 Å². The molecule has 0 bridgehead atoms. The SMILES string of the molecule is O.O.O.O.[Br][Mg][Br]. The quantitative estimate of drug-likeness (QED) is 0.445. The molecule has 0 aromatic carbocycles. The predicted molar refractivity (Wildman–Crippen MR) is 38.1 cm³/mol. The molecule has 0 aromatic rings. The van der Waals surface area contributed by atoms with Crippen molar-refractivity contribution < 1.29 is 21.9 Å². The van der Waals surface area contributed by atoms with Gasteiger partial charge < -0.3 is 21.9 Å². The van der Waals surface area contributed by atoms with Crippen LogP contribution in [0.4, 0.5) is 0 Å². The molecule has 7 heteroatoms. The van der Waals surface area contributed by atoms with Gasteiger partial charge in [-0.1, -0.05) is 0 Å². The van der Waals surface area contributed by atoms with Gasteiger partial charge in [0.1, 0.15) is 0 Å². The maximum atomic E-state index is 3.20. The highest BCUT2D eigenvalue weighted by Crippen LogP contribution is 1.77. The summed E-state index contributed by atoms with van der Waals surface area (Å²) in [6, 6.07) is 0. The number of hydrogen-bond donors (Lipinski definition) is 0. The molecule has 0 heterocycles. The minimum Gasteiger partial charge on any atom is -0.412 e. The lowest BCUT2D eigenvalue weighted by Crippen LogP contribution is -1.31. The summed E-state index contributed by atoms with van der Waals surface area (Å²) >= 11 is 6.44. The molecule has 0 atom stereocenters. The van der Waals surface area contributed by atoms with Crippen molar-refractivity contribution in [1.82, 2.24) is 0 Å². The fraction of sp³-hybridized carbons (Fsp3) is 0. The molecule has 0 unspecified atom stereocenters. The first-order chi connectivity index (χ1) is 1.41. The van der Waals surface area contributed by atoms with E-state index in [0.717, 1.165) is 0 Å². The predicted octanol–water partition coefficient (Wildman–Crippen LogP) is -1.99. The second-order valence-electron chi connectivity index (χ2n) is 0.101. The number of rotatable bonds is 0. The summed E-state index contributed by atoms with van der Waals surface area (Å²) in [4.78, 5) is 0. The van der Waals surface area contributed by atoms with Crippen LogP contribution in [0, 0.1) is 0 Å². The van der Waals surface area contributed by atoms with Crippen molar-refractivity contribution in [2.75, 3.05) is 0 Å². The summed E-state index contributed by atoms with van der Waals surface area (Å²) in [5.41, 5.74) is 0. The van der Waals surface area contributed by atoms with E-state index in [9.17, 15) is 0 Å². The molecule has 0 aliphatic rings. The largest absolute Gasteiger partial charge is 0.560 e. The Labute approximate surface area is 63.4 Å². The van der Waals surface area contributed by atoms with Crippen LogP contribution < -0.4 is 0 Å². The van der Waals surface area contributed by atoms with Crippen molar-refractivity contribution in [3.8, 4) is 0 Å². The summed E-state index contributed by atoms with van der Waals surface area (Å²) in [6.07, 6.45) is 0. The van der Waals surface area contributed by atoms with Gasteiger partial charge in [0.05, 0.1) is 0 Å². The van der Waals surface area contributed by atoms with Gasteiger partial charge in [0, 0.05) is 0 Å². The van der Waals surface area contributed by atoms with Gasteiger partial charge >= 0.3 is 16.0 Å². The van der Waals surface area contributed by atoms with Crippen molar-refractivity contribution >= 4 is 41.8 Å². The molecule has 0 aliphatic heterocycles. The van der Waals surface area contributed by atoms with Crippen LogP contribution in [0.15, 0.2) is 0 Å². The molecule has 0 radical (unpaired) electrons. The average Bonchev–Trinajstić information content (AvgIpc) is 0.918. The minimum atomic E-state index is 0. The summed E-state index contributed by atoms with van der Waals surface area (Å²) in [5.74, 6) is 0. The molecule has 7 heavy (non-hydrogen) atoms. The van der Waals surface area contributed by atoms with Gasteiger partial charge in [-0.25, -0.2) is 0 Å². The zero-order valence-electron chi connectivity index (χ0n) is 3.46. The van der Waals surface area contributed by atoms with Crippen LogP contribution in [0.1, 0.15) is 0 Å². The Hall–Kier alpha value is 1.57. The van der Waals surface area contributed by atoms with Gasteiger partial charge in [0.15, 0.2) is 0 Å². The first-order valence-electron chi connectivity index (χ1n) is 0.535. The van der Waals surface area contributed by atoms with Gasteiger partial charge in [-0.15, -0.1) is 0 Å². The lowest BCUT2D eigenvalue weighted by molar-refractivity contribution is 0.823. The van der Waals surface area contributed by atoms with Crippen LogP contribution in [-0.4, -0.2) is 37.9 Å². The third kappa shape index (κ3) is 95.6. The van der Waals surface area contributed by atoms with E-state index in [1.165, 1.54) is 0 Å². The van der Waals surface area contributed by atoms with Crippen LogP contribution >= 0.6 is 25.8 Å². The summed E-state index contributed by atoms with van der Waals surface area (Å²) < 4.78 is 0. The second-order valence-corrected chi connectivity index (χ2v) is 8.18. The van der Waals surface area contributed by atoms with Crippen molar-refractivity contribution in [3.63, 3.8) is 0 Å². The summed E-state index contributed by atoms with van der Waals surface area (Å²) in [7, 11) is 0. The maximum absolute atomic E-state index is 3.20. The molecular formula is H8Br2MgO4. The lowest BCUT2D eigenvalue weighted by atomic mass is 16.0. The third-order valence-electron chi connectivity index (χ3n) is 0. The maximum Gasteiger partial charge on any atom is 0.560 e. The molecule has 0 fully saturated rings. The van der Waals surface area contributed by atoms with Crippen molar-refractivity contribution in [1.29, 1.82) is 0 Å².